The van der Waals surface area contributed by atoms with Crippen LogP contribution in [0.2, 0.25) is 5.02 Å². The van der Waals surface area contributed by atoms with Crippen LogP contribution in [-0.4, -0.2) is 37.7 Å². The first kappa shape index (κ1) is 19.5. The summed E-state index contributed by atoms with van der Waals surface area (Å²) in [5, 5.41) is 7.37. The number of morpholine rings is 1. The molecule has 2 fully saturated rings. The number of halogens is 2. The Morgan fingerprint density at radius 2 is 2.17 bits per heavy atom. The highest BCUT2D eigenvalue weighted by atomic mass is 35.5. The third-order valence-corrected chi connectivity index (χ3v) is 5.25. The highest BCUT2D eigenvalue weighted by molar-refractivity contribution is 6.31. The summed E-state index contributed by atoms with van der Waals surface area (Å²) in [5.41, 5.74) is 1.15. The number of fused-ring (bicyclic) bond motifs is 1. The Bertz CT molecular complexity index is 542. The maximum Gasteiger partial charge on any atom is 0.223 e. The largest absolute Gasteiger partial charge is 0.375 e. The number of carbonyl (C=O) groups is 1. The van der Waals surface area contributed by atoms with Crippen LogP contribution in [0.4, 0.5) is 0 Å². The zero-order chi connectivity index (χ0) is 16.1. The topological polar surface area (TPSA) is 50.4 Å². The van der Waals surface area contributed by atoms with E-state index in [2.05, 4.69) is 10.6 Å². The van der Waals surface area contributed by atoms with Crippen LogP contribution in [0.15, 0.2) is 24.3 Å². The molecule has 6 heteroatoms. The van der Waals surface area contributed by atoms with E-state index in [1.807, 2.05) is 24.3 Å². The molecule has 3 rings (SSSR count). The van der Waals surface area contributed by atoms with Crippen LogP contribution in [0.1, 0.15) is 31.2 Å². The average molecular weight is 373 g/mol. The first-order valence-corrected chi connectivity index (χ1v) is 8.98. The van der Waals surface area contributed by atoms with E-state index in [-0.39, 0.29) is 24.2 Å². The van der Waals surface area contributed by atoms with Crippen LogP contribution in [0.5, 0.6) is 0 Å². The monoisotopic (exact) mass is 372 g/mol. The predicted octanol–water partition coefficient (Wildman–Crippen LogP) is 2.97. The Labute approximate surface area is 155 Å². The number of amides is 1. The van der Waals surface area contributed by atoms with Gasteiger partial charge in [0.2, 0.25) is 5.91 Å². The molecular formula is C18H26Cl2N2O2. The number of hydrogen-bond acceptors (Lipinski definition) is 3. The van der Waals surface area contributed by atoms with Gasteiger partial charge in [-0.3, -0.25) is 4.79 Å². The molecule has 0 aromatic heterocycles. The molecule has 0 unspecified atom stereocenters. The zero-order valence-electron chi connectivity index (χ0n) is 13.8. The molecule has 3 atom stereocenters. The second-order valence-electron chi connectivity index (χ2n) is 6.47. The molecule has 2 N–H and O–H groups in total. The van der Waals surface area contributed by atoms with Crippen molar-refractivity contribution in [1.29, 1.82) is 0 Å². The lowest BCUT2D eigenvalue weighted by Gasteiger charge is -2.39. The lowest BCUT2D eigenvalue weighted by Crippen LogP contribution is -2.53. The molecule has 4 nitrogen and oxygen atoms in total. The van der Waals surface area contributed by atoms with Crippen molar-refractivity contribution in [3.63, 3.8) is 0 Å². The van der Waals surface area contributed by atoms with Crippen LogP contribution in [-0.2, 0) is 16.0 Å². The molecule has 1 aliphatic carbocycles. The van der Waals surface area contributed by atoms with Crippen molar-refractivity contribution >= 4 is 29.9 Å². The molecule has 0 spiro atoms. The van der Waals surface area contributed by atoms with Gasteiger partial charge in [0.15, 0.2) is 0 Å². The van der Waals surface area contributed by atoms with Gasteiger partial charge < -0.3 is 15.4 Å². The maximum absolute atomic E-state index is 12.3. The number of nitrogens with one attached hydrogen (secondary N) is 2. The number of carbonyl (C=O) groups excluding carboxylic acids is 1. The Morgan fingerprint density at radius 1 is 1.33 bits per heavy atom. The van der Waals surface area contributed by atoms with Gasteiger partial charge in [-0.15, -0.1) is 12.4 Å². The molecule has 1 aliphatic heterocycles. The number of aryl methyl sites for hydroxylation is 1. The molecule has 24 heavy (non-hydrogen) atoms. The van der Waals surface area contributed by atoms with Gasteiger partial charge >= 0.3 is 0 Å². The van der Waals surface area contributed by atoms with Crippen molar-refractivity contribution in [3.05, 3.63) is 34.9 Å². The fourth-order valence-corrected chi connectivity index (χ4v) is 3.82. The van der Waals surface area contributed by atoms with Gasteiger partial charge in [0.1, 0.15) is 0 Å². The third-order valence-electron chi connectivity index (χ3n) is 4.88. The molecule has 1 amide bonds. The van der Waals surface area contributed by atoms with Gasteiger partial charge in [0, 0.05) is 30.1 Å². The maximum atomic E-state index is 12.3. The summed E-state index contributed by atoms with van der Waals surface area (Å²) in [6.07, 6.45) is 4.91. The lowest BCUT2D eigenvalue weighted by molar-refractivity contribution is -0.128. The summed E-state index contributed by atoms with van der Waals surface area (Å²) in [6.45, 7) is 2.39. The normalized spacial score (nSPS) is 26.1. The van der Waals surface area contributed by atoms with Crippen LogP contribution in [0.3, 0.4) is 0 Å². The highest BCUT2D eigenvalue weighted by Crippen LogP contribution is 2.28. The molecular weight excluding hydrogens is 347 g/mol. The quantitative estimate of drug-likeness (QED) is 0.781. The van der Waals surface area contributed by atoms with Crippen LogP contribution in [0.25, 0.3) is 0 Å². The van der Waals surface area contributed by atoms with Gasteiger partial charge in [-0.05, 0) is 43.7 Å². The van der Waals surface area contributed by atoms with Gasteiger partial charge in [0.25, 0.3) is 0 Å². The molecule has 1 aromatic rings. The first-order chi connectivity index (χ1) is 11.2. The van der Waals surface area contributed by atoms with Crippen molar-refractivity contribution in [3.8, 4) is 0 Å². The van der Waals surface area contributed by atoms with E-state index < -0.39 is 0 Å². The zero-order valence-corrected chi connectivity index (χ0v) is 15.4. The van der Waals surface area contributed by atoms with E-state index in [1.54, 1.807) is 0 Å². The van der Waals surface area contributed by atoms with Gasteiger partial charge in [-0.1, -0.05) is 29.8 Å². The lowest BCUT2D eigenvalue weighted by atomic mass is 9.82. The number of hydrogen-bond donors (Lipinski definition) is 2. The van der Waals surface area contributed by atoms with Crippen LogP contribution < -0.4 is 10.6 Å². The summed E-state index contributed by atoms with van der Waals surface area (Å²) >= 11 is 6.15. The minimum atomic E-state index is 0. The summed E-state index contributed by atoms with van der Waals surface area (Å²) < 4.78 is 5.76. The Morgan fingerprint density at radius 3 is 3.00 bits per heavy atom. The summed E-state index contributed by atoms with van der Waals surface area (Å²) in [7, 11) is 0. The van der Waals surface area contributed by atoms with Gasteiger partial charge in [-0.25, -0.2) is 0 Å². The van der Waals surface area contributed by atoms with E-state index in [0.29, 0.717) is 18.7 Å². The molecule has 1 saturated heterocycles. The van der Waals surface area contributed by atoms with Crippen LogP contribution in [0, 0.1) is 5.92 Å². The Balaban J connectivity index is 0.00000208. The van der Waals surface area contributed by atoms with Crippen molar-refractivity contribution in [2.45, 2.75) is 44.2 Å². The second-order valence-corrected chi connectivity index (χ2v) is 6.87. The van der Waals surface area contributed by atoms with Crippen molar-refractivity contribution in [2.24, 2.45) is 5.92 Å². The predicted molar refractivity (Wildman–Crippen MR) is 98.9 cm³/mol. The summed E-state index contributed by atoms with van der Waals surface area (Å²) in [4.78, 5) is 12.3. The van der Waals surface area contributed by atoms with E-state index in [4.69, 9.17) is 16.3 Å². The van der Waals surface area contributed by atoms with Gasteiger partial charge in [0.05, 0.1) is 12.7 Å². The third kappa shape index (κ3) is 5.09. The molecule has 1 aromatic carbocycles. The summed E-state index contributed by atoms with van der Waals surface area (Å²) in [5.74, 6) is 0.306. The number of ether oxygens (including phenoxy) is 1. The average Bonchev–Trinajstić information content (AvgIpc) is 2.59. The minimum absolute atomic E-state index is 0. The molecule has 1 saturated carbocycles. The van der Waals surface area contributed by atoms with E-state index >= 15 is 0 Å². The highest BCUT2D eigenvalue weighted by Gasteiger charge is 2.35. The van der Waals surface area contributed by atoms with E-state index in [9.17, 15) is 4.79 Å². The fourth-order valence-electron chi connectivity index (χ4n) is 3.59. The summed E-state index contributed by atoms with van der Waals surface area (Å²) in [6, 6.07) is 8.23. The first-order valence-electron chi connectivity index (χ1n) is 8.60. The van der Waals surface area contributed by atoms with Crippen molar-refractivity contribution in [2.75, 3.05) is 19.7 Å². The van der Waals surface area contributed by atoms with E-state index in [1.165, 1.54) is 0 Å². The van der Waals surface area contributed by atoms with E-state index in [0.717, 1.165) is 55.8 Å². The molecule has 1 heterocycles. The SMILES string of the molecule is Cl.O=C(NCCCc1ccccc1Cl)[C@H]1CC[C@H]2OCCN[C@@H]2C1. The molecule has 134 valence electrons. The van der Waals surface area contributed by atoms with Gasteiger partial charge in [-0.2, -0.15) is 0 Å². The smallest absolute Gasteiger partial charge is 0.223 e. The standard InChI is InChI=1S/C18H25ClN2O2.ClH/c19-15-6-2-1-4-13(15)5-3-9-21-18(22)14-7-8-17-16(12-14)20-10-11-23-17;/h1-2,4,6,14,16-17,20H,3,5,7-12H2,(H,21,22);1H/t14-,16+,17+;/m0./s1. The number of benzene rings is 1. The number of rotatable bonds is 5. The van der Waals surface area contributed by atoms with Crippen molar-refractivity contribution in [1.82, 2.24) is 10.6 Å². The second kappa shape index (κ2) is 9.62. The van der Waals surface area contributed by atoms with Crippen LogP contribution >= 0.6 is 24.0 Å². The molecule has 0 bridgehead atoms. The Hall–Kier alpha value is -0.810. The molecule has 0 radical (unpaired) electrons. The fraction of sp³-hybridized carbons (Fsp3) is 0.611. The minimum Gasteiger partial charge on any atom is -0.375 e. The van der Waals surface area contributed by atoms with Crippen molar-refractivity contribution < 1.29 is 9.53 Å². The Kier molecular flexibility index (Phi) is 7.82. The molecule has 2 aliphatic rings.